The van der Waals surface area contributed by atoms with E-state index in [9.17, 15) is 0 Å². The van der Waals surface area contributed by atoms with E-state index in [1.807, 2.05) is 30.3 Å². The van der Waals surface area contributed by atoms with Gasteiger partial charge in [-0.2, -0.15) is 0 Å². The first-order chi connectivity index (χ1) is 7.90. The van der Waals surface area contributed by atoms with Gasteiger partial charge < -0.3 is 5.11 Å². The fraction of sp³-hybridized carbons (Fsp3) is 0.429. The van der Waals surface area contributed by atoms with Crippen LogP contribution in [0, 0.1) is 11.8 Å². The maximum atomic E-state index is 8.94. The summed E-state index contributed by atoms with van der Waals surface area (Å²) in [4.78, 5) is 2.26. The summed E-state index contributed by atoms with van der Waals surface area (Å²) in [7, 11) is 0. The number of benzene rings is 1. The van der Waals surface area contributed by atoms with Gasteiger partial charge in [-0.05, 0) is 25.0 Å². The van der Waals surface area contributed by atoms with Crippen molar-refractivity contribution in [3.8, 4) is 11.8 Å². The number of aliphatic hydroxyl groups is 1. The number of aliphatic hydroxyl groups excluding tert-OH is 1. The Hall–Kier alpha value is -1.30. The Bertz CT molecular complexity index is 373. The predicted octanol–water partition coefficient (Wildman–Crippen LogP) is 1.49. The van der Waals surface area contributed by atoms with E-state index in [1.165, 1.54) is 12.8 Å². The summed E-state index contributed by atoms with van der Waals surface area (Å²) >= 11 is 0. The Morgan fingerprint density at radius 1 is 1.25 bits per heavy atom. The third-order valence-corrected chi connectivity index (χ3v) is 2.74. The van der Waals surface area contributed by atoms with Crippen LogP contribution in [0.15, 0.2) is 30.3 Å². The van der Waals surface area contributed by atoms with Gasteiger partial charge in [-0.15, -0.1) is 0 Å². The van der Waals surface area contributed by atoms with E-state index >= 15 is 0 Å². The Kier molecular flexibility index (Phi) is 3.98. The molecule has 0 amide bonds. The first-order valence-corrected chi connectivity index (χ1v) is 5.79. The van der Waals surface area contributed by atoms with Crippen molar-refractivity contribution in [3.05, 3.63) is 35.9 Å². The predicted molar refractivity (Wildman–Crippen MR) is 65.0 cm³/mol. The fourth-order valence-electron chi connectivity index (χ4n) is 1.72. The summed E-state index contributed by atoms with van der Waals surface area (Å²) in [5, 5.41) is 8.94. The molecule has 2 rings (SSSR count). The number of hydrogen-bond donors (Lipinski definition) is 1. The molecule has 1 aromatic rings. The first-order valence-electron chi connectivity index (χ1n) is 5.79. The lowest BCUT2D eigenvalue weighted by molar-refractivity contribution is 0.204. The minimum Gasteiger partial charge on any atom is -0.395 e. The van der Waals surface area contributed by atoms with Gasteiger partial charge in [-0.3, -0.25) is 4.90 Å². The van der Waals surface area contributed by atoms with Crippen LogP contribution in [0.4, 0.5) is 0 Å². The average Bonchev–Trinajstić information content (AvgIpc) is 3.13. The maximum absolute atomic E-state index is 8.94. The molecule has 0 unspecified atom stereocenters. The molecule has 0 atom stereocenters. The van der Waals surface area contributed by atoms with Gasteiger partial charge in [0.15, 0.2) is 0 Å². The molecule has 0 aliphatic heterocycles. The third-order valence-electron chi connectivity index (χ3n) is 2.74. The van der Waals surface area contributed by atoms with Crippen molar-refractivity contribution >= 4 is 0 Å². The van der Waals surface area contributed by atoms with Crippen LogP contribution in [0.3, 0.4) is 0 Å². The Morgan fingerprint density at radius 2 is 2.00 bits per heavy atom. The van der Waals surface area contributed by atoms with E-state index in [0.717, 1.165) is 18.7 Å². The van der Waals surface area contributed by atoms with E-state index < -0.39 is 0 Å². The second-order valence-electron chi connectivity index (χ2n) is 4.09. The van der Waals surface area contributed by atoms with E-state index in [4.69, 9.17) is 5.11 Å². The maximum Gasteiger partial charge on any atom is 0.0608 e. The van der Waals surface area contributed by atoms with E-state index in [2.05, 4.69) is 16.7 Å². The highest BCUT2D eigenvalue weighted by Crippen LogP contribution is 2.25. The van der Waals surface area contributed by atoms with Gasteiger partial charge in [0.1, 0.15) is 0 Å². The van der Waals surface area contributed by atoms with Crippen LogP contribution in [-0.2, 0) is 0 Å². The molecular formula is C14H17NO. The number of rotatable bonds is 4. The zero-order valence-electron chi connectivity index (χ0n) is 9.39. The lowest BCUT2D eigenvalue weighted by atomic mass is 10.2. The van der Waals surface area contributed by atoms with Gasteiger partial charge in [0, 0.05) is 18.2 Å². The highest BCUT2D eigenvalue weighted by molar-refractivity contribution is 5.33. The monoisotopic (exact) mass is 215 g/mol. The van der Waals surface area contributed by atoms with Crippen LogP contribution in [0.2, 0.25) is 0 Å². The second kappa shape index (κ2) is 5.69. The molecule has 16 heavy (non-hydrogen) atoms. The summed E-state index contributed by atoms with van der Waals surface area (Å²) in [6, 6.07) is 10.7. The molecule has 84 valence electrons. The Balaban J connectivity index is 1.87. The van der Waals surface area contributed by atoms with Crippen molar-refractivity contribution in [3.63, 3.8) is 0 Å². The summed E-state index contributed by atoms with van der Waals surface area (Å²) in [5.74, 6) is 6.32. The van der Waals surface area contributed by atoms with Crippen molar-refractivity contribution in [2.75, 3.05) is 19.7 Å². The fourth-order valence-corrected chi connectivity index (χ4v) is 1.72. The molecule has 0 bridgehead atoms. The standard InChI is InChI=1S/C14H17NO/c16-12-11-15(14-8-9-14)10-4-7-13-5-2-1-3-6-13/h1-3,5-6,14,16H,8-12H2. The zero-order valence-corrected chi connectivity index (χ0v) is 9.39. The van der Waals surface area contributed by atoms with Crippen molar-refractivity contribution in [1.82, 2.24) is 4.90 Å². The van der Waals surface area contributed by atoms with Crippen molar-refractivity contribution < 1.29 is 5.11 Å². The summed E-state index contributed by atoms with van der Waals surface area (Å²) in [6.45, 7) is 1.73. The van der Waals surface area contributed by atoms with Gasteiger partial charge >= 0.3 is 0 Å². The SMILES string of the molecule is OCCN(CC#Cc1ccccc1)C1CC1. The molecule has 1 aromatic carbocycles. The second-order valence-corrected chi connectivity index (χ2v) is 4.09. The van der Waals surface area contributed by atoms with Gasteiger partial charge in [0.25, 0.3) is 0 Å². The van der Waals surface area contributed by atoms with E-state index in [1.54, 1.807) is 0 Å². The summed E-state index contributed by atoms with van der Waals surface area (Å²) in [5.41, 5.74) is 1.06. The van der Waals surface area contributed by atoms with Crippen LogP contribution >= 0.6 is 0 Å². The quantitative estimate of drug-likeness (QED) is 0.769. The van der Waals surface area contributed by atoms with Crippen molar-refractivity contribution in [1.29, 1.82) is 0 Å². The largest absolute Gasteiger partial charge is 0.395 e. The number of hydrogen-bond acceptors (Lipinski definition) is 2. The highest BCUT2D eigenvalue weighted by atomic mass is 16.3. The summed E-state index contributed by atoms with van der Waals surface area (Å²) < 4.78 is 0. The van der Waals surface area contributed by atoms with Gasteiger partial charge in [0.2, 0.25) is 0 Å². The van der Waals surface area contributed by atoms with E-state index in [0.29, 0.717) is 6.04 Å². The van der Waals surface area contributed by atoms with Gasteiger partial charge in [-0.1, -0.05) is 30.0 Å². The van der Waals surface area contributed by atoms with Crippen LogP contribution in [0.5, 0.6) is 0 Å². The average molecular weight is 215 g/mol. The van der Waals surface area contributed by atoms with Crippen molar-refractivity contribution in [2.45, 2.75) is 18.9 Å². The third kappa shape index (κ3) is 3.37. The van der Waals surface area contributed by atoms with E-state index in [-0.39, 0.29) is 6.61 Å². The molecule has 1 saturated carbocycles. The van der Waals surface area contributed by atoms with Gasteiger partial charge in [-0.25, -0.2) is 0 Å². The molecule has 0 heterocycles. The van der Waals surface area contributed by atoms with Crippen LogP contribution in [-0.4, -0.2) is 35.7 Å². The number of nitrogens with zero attached hydrogens (tertiary/aromatic N) is 1. The van der Waals surface area contributed by atoms with Crippen LogP contribution < -0.4 is 0 Å². The molecule has 1 fully saturated rings. The molecular weight excluding hydrogens is 198 g/mol. The highest BCUT2D eigenvalue weighted by Gasteiger charge is 2.27. The lowest BCUT2D eigenvalue weighted by Crippen LogP contribution is -2.29. The molecule has 0 saturated heterocycles. The zero-order chi connectivity index (χ0) is 11.2. The minimum absolute atomic E-state index is 0.226. The molecule has 0 aromatic heterocycles. The molecule has 1 N–H and O–H groups in total. The summed E-state index contributed by atoms with van der Waals surface area (Å²) in [6.07, 6.45) is 2.51. The molecule has 1 aliphatic carbocycles. The molecule has 0 radical (unpaired) electrons. The lowest BCUT2D eigenvalue weighted by Gasteiger charge is -2.16. The molecule has 2 heteroatoms. The Labute approximate surface area is 96.9 Å². The Morgan fingerprint density at radius 3 is 2.62 bits per heavy atom. The first kappa shape index (κ1) is 11.2. The molecule has 1 aliphatic rings. The smallest absolute Gasteiger partial charge is 0.0608 e. The van der Waals surface area contributed by atoms with Crippen molar-refractivity contribution in [2.24, 2.45) is 0 Å². The normalized spacial score (nSPS) is 14.6. The molecule has 0 spiro atoms. The topological polar surface area (TPSA) is 23.5 Å². The van der Waals surface area contributed by atoms with Crippen LogP contribution in [0.1, 0.15) is 18.4 Å². The minimum atomic E-state index is 0.226. The molecule has 2 nitrogen and oxygen atoms in total. The van der Waals surface area contributed by atoms with Gasteiger partial charge in [0.05, 0.1) is 13.2 Å². The van der Waals surface area contributed by atoms with Crippen LogP contribution in [0.25, 0.3) is 0 Å².